The highest BCUT2D eigenvalue weighted by molar-refractivity contribution is 8.01. The van der Waals surface area contributed by atoms with Crippen molar-refractivity contribution in [1.82, 2.24) is 4.98 Å². The van der Waals surface area contributed by atoms with Crippen molar-refractivity contribution in [3.8, 4) is 0 Å². The molecule has 1 aromatic rings. The van der Waals surface area contributed by atoms with Gasteiger partial charge in [0.2, 0.25) is 0 Å². The summed E-state index contributed by atoms with van der Waals surface area (Å²) in [6, 6.07) is 0. The van der Waals surface area contributed by atoms with Crippen LogP contribution in [-0.4, -0.2) is 34.4 Å². The van der Waals surface area contributed by atoms with Crippen LogP contribution in [-0.2, 0) is 9.53 Å². The Morgan fingerprint density at radius 3 is 2.70 bits per heavy atom. The Balaban J connectivity index is 2.17. The molecule has 1 rings (SSSR count). The third-order valence-electron chi connectivity index (χ3n) is 2.53. The highest BCUT2D eigenvalue weighted by atomic mass is 32.2. The number of thiazole rings is 1. The normalized spacial score (nSPS) is 10.5. The summed E-state index contributed by atoms with van der Waals surface area (Å²) in [5, 5.41) is 8.93. The molecular formula is C13H19NO4S2. The van der Waals surface area contributed by atoms with Gasteiger partial charge in [0.15, 0.2) is 4.34 Å². The van der Waals surface area contributed by atoms with E-state index < -0.39 is 5.97 Å². The Labute approximate surface area is 126 Å². The number of carbonyl (C=O) groups is 2. The molecule has 0 saturated carbocycles. The Morgan fingerprint density at radius 1 is 1.35 bits per heavy atom. The van der Waals surface area contributed by atoms with Crippen molar-refractivity contribution in [2.24, 2.45) is 0 Å². The van der Waals surface area contributed by atoms with Crippen LogP contribution in [0.15, 0.2) is 4.34 Å². The number of unbranched alkanes of at least 4 members (excludes halogenated alkanes) is 2. The summed E-state index contributed by atoms with van der Waals surface area (Å²) in [6.07, 6.45) is 3.24. The second-order valence-electron chi connectivity index (χ2n) is 4.16. The molecule has 0 amide bonds. The molecule has 0 atom stereocenters. The number of ether oxygens (including phenoxy) is 1. The number of rotatable bonds is 9. The minimum Gasteiger partial charge on any atom is -0.477 e. The number of carboxylic acid groups (broad SMARTS) is 1. The SMILES string of the molecule is CCOC(=O)CCCCCSc1nc(C)c(C(=O)O)s1. The fourth-order valence-electron chi connectivity index (χ4n) is 1.57. The van der Waals surface area contributed by atoms with Crippen LogP contribution >= 0.6 is 23.1 Å². The predicted octanol–water partition coefficient (Wildman–Crippen LogP) is 3.37. The van der Waals surface area contributed by atoms with Crippen LogP contribution in [0.4, 0.5) is 0 Å². The van der Waals surface area contributed by atoms with E-state index in [0.29, 0.717) is 23.6 Å². The van der Waals surface area contributed by atoms with Crippen molar-refractivity contribution in [2.45, 2.75) is 43.9 Å². The van der Waals surface area contributed by atoms with Gasteiger partial charge in [0.25, 0.3) is 0 Å². The minimum absolute atomic E-state index is 0.137. The van der Waals surface area contributed by atoms with Gasteiger partial charge in [-0.1, -0.05) is 18.2 Å². The fraction of sp³-hybridized carbons (Fsp3) is 0.615. The molecule has 0 unspecified atom stereocenters. The number of nitrogens with zero attached hydrogens (tertiary/aromatic N) is 1. The Hall–Kier alpha value is -1.08. The van der Waals surface area contributed by atoms with E-state index in [1.807, 2.05) is 0 Å². The van der Waals surface area contributed by atoms with Crippen LogP contribution in [0.5, 0.6) is 0 Å². The van der Waals surface area contributed by atoms with E-state index in [1.165, 1.54) is 11.3 Å². The molecule has 1 heterocycles. The van der Waals surface area contributed by atoms with Crippen molar-refractivity contribution in [3.63, 3.8) is 0 Å². The topological polar surface area (TPSA) is 76.5 Å². The number of carboxylic acids is 1. The van der Waals surface area contributed by atoms with Crippen molar-refractivity contribution in [3.05, 3.63) is 10.6 Å². The van der Waals surface area contributed by atoms with Gasteiger partial charge < -0.3 is 9.84 Å². The van der Waals surface area contributed by atoms with Crippen molar-refractivity contribution >= 4 is 35.0 Å². The van der Waals surface area contributed by atoms with Gasteiger partial charge in [0.05, 0.1) is 12.3 Å². The molecular weight excluding hydrogens is 298 g/mol. The van der Waals surface area contributed by atoms with E-state index in [4.69, 9.17) is 9.84 Å². The number of hydrogen-bond acceptors (Lipinski definition) is 6. The zero-order valence-electron chi connectivity index (χ0n) is 11.7. The number of hydrogen-bond donors (Lipinski definition) is 1. The molecule has 0 aromatic carbocycles. The predicted molar refractivity (Wildman–Crippen MR) is 79.6 cm³/mol. The number of aryl methyl sites for hydroxylation is 1. The number of carbonyl (C=O) groups excluding carboxylic acids is 1. The smallest absolute Gasteiger partial charge is 0.347 e. The maximum Gasteiger partial charge on any atom is 0.347 e. The highest BCUT2D eigenvalue weighted by Crippen LogP contribution is 2.27. The van der Waals surface area contributed by atoms with E-state index in [1.54, 1.807) is 25.6 Å². The van der Waals surface area contributed by atoms with Crippen LogP contribution in [0.25, 0.3) is 0 Å². The van der Waals surface area contributed by atoms with E-state index in [2.05, 4.69) is 4.98 Å². The molecule has 5 nitrogen and oxygen atoms in total. The maximum atomic E-state index is 11.1. The molecule has 0 saturated heterocycles. The van der Waals surface area contributed by atoms with E-state index in [-0.39, 0.29) is 5.97 Å². The number of thioether (sulfide) groups is 1. The first-order valence-corrected chi connectivity index (χ1v) is 8.34. The summed E-state index contributed by atoms with van der Waals surface area (Å²) in [5.74, 6) is -0.169. The second kappa shape index (κ2) is 8.97. The lowest BCUT2D eigenvalue weighted by Crippen LogP contribution is -2.03. The third-order valence-corrected chi connectivity index (χ3v) is 4.90. The molecule has 7 heteroatoms. The monoisotopic (exact) mass is 317 g/mol. The van der Waals surface area contributed by atoms with Crippen LogP contribution in [0.3, 0.4) is 0 Å². The molecule has 112 valence electrons. The van der Waals surface area contributed by atoms with E-state index >= 15 is 0 Å². The number of esters is 1. The highest BCUT2D eigenvalue weighted by Gasteiger charge is 2.13. The molecule has 20 heavy (non-hydrogen) atoms. The first-order valence-electron chi connectivity index (χ1n) is 6.53. The molecule has 1 N–H and O–H groups in total. The molecule has 0 aliphatic heterocycles. The molecule has 0 radical (unpaired) electrons. The summed E-state index contributed by atoms with van der Waals surface area (Å²) < 4.78 is 5.64. The van der Waals surface area contributed by atoms with Crippen LogP contribution in [0.2, 0.25) is 0 Å². The van der Waals surface area contributed by atoms with Gasteiger partial charge >= 0.3 is 11.9 Å². The van der Waals surface area contributed by atoms with Gasteiger partial charge in [0.1, 0.15) is 4.88 Å². The molecule has 0 bridgehead atoms. The van der Waals surface area contributed by atoms with Crippen molar-refractivity contribution in [2.75, 3.05) is 12.4 Å². The van der Waals surface area contributed by atoms with Crippen LogP contribution in [0, 0.1) is 6.92 Å². The summed E-state index contributed by atoms with van der Waals surface area (Å²) in [7, 11) is 0. The van der Waals surface area contributed by atoms with Gasteiger partial charge in [0, 0.05) is 12.2 Å². The first-order chi connectivity index (χ1) is 9.54. The average Bonchev–Trinajstić information content (AvgIpc) is 2.75. The Morgan fingerprint density at radius 2 is 2.10 bits per heavy atom. The summed E-state index contributed by atoms with van der Waals surface area (Å²) in [6.45, 7) is 3.95. The standard InChI is InChI=1S/C13H19NO4S2/c1-3-18-10(15)7-5-4-6-8-19-13-14-9(2)11(20-13)12(16)17/h3-8H2,1-2H3,(H,16,17). The summed E-state index contributed by atoms with van der Waals surface area (Å²) in [4.78, 5) is 26.5. The second-order valence-corrected chi connectivity index (χ2v) is 6.50. The van der Waals surface area contributed by atoms with Gasteiger partial charge in [-0.05, 0) is 26.7 Å². The molecule has 0 aliphatic rings. The Bertz CT molecular complexity index is 459. The Kier molecular flexibility index (Phi) is 7.61. The lowest BCUT2D eigenvalue weighted by atomic mass is 10.2. The lowest BCUT2D eigenvalue weighted by molar-refractivity contribution is -0.143. The molecule has 1 aromatic heterocycles. The zero-order chi connectivity index (χ0) is 15.0. The van der Waals surface area contributed by atoms with Crippen molar-refractivity contribution in [1.29, 1.82) is 0 Å². The lowest BCUT2D eigenvalue weighted by Gasteiger charge is -2.01. The first kappa shape index (κ1) is 17.0. The average molecular weight is 317 g/mol. The van der Waals surface area contributed by atoms with Gasteiger partial charge in [-0.15, -0.1) is 11.3 Å². The molecule has 0 spiro atoms. The van der Waals surface area contributed by atoms with Crippen LogP contribution < -0.4 is 0 Å². The summed E-state index contributed by atoms with van der Waals surface area (Å²) in [5.41, 5.74) is 0.576. The molecule has 0 aliphatic carbocycles. The quantitative estimate of drug-likeness (QED) is 0.427. The number of aromatic nitrogens is 1. The van der Waals surface area contributed by atoms with Crippen molar-refractivity contribution < 1.29 is 19.4 Å². The molecule has 0 fully saturated rings. The van der Waals surface area contributed by atoms with Gasteiger partial charge in [-0.3, -0.25) is 4.79 Å². The van der Waals surface area contributed by atoms with Gasteiger partial charge in [-0.25, -0.2) is 9.78 Å². The fourth-order valence-corrected chi connectivity index (χ4v) is 3.67. The largest absolute Gasteiger partial charge is 0.477 e. The van der Waals surface area contributed by atoms with Crippen LogP contribution in [0.1, 0.15) is 48.0 Å². The summed E-state index contributed by atoms with van der Waals surface area (Å²) >= 11 is 2.79. The van der Waals surface area contributed by atoms with E-state index in [0.717, 1.165) is 29.4 Å². The van der Waals surface area contributed by atoms with E-state index in [9.17, 15) is 9.59 Å². The zero-order valence-corrected chi connectivity index (χ0v) is 13.3. The minimum atomic E-state index is -0.915. The third kappa shape index (κ3) is 5.92. The maximum absolute atomic E-state index is 11.1. The van der Waals surface area contributed by atoms with Gasteiger partial charge in [-0.2, -0.15) is 0 Å². The number of aromatic carboxylic acids is 1.